The highest BCUT2D eigenvalue weighted by Crippen LogP contribution is 2.22. The van der Waals surface area contributed by atoms with Crippen molar-refractivity contribution in [1.82, 2.24) is 4.98 Å². The molecule has 0 aliphatic rings. The van der Waals surface area contributed by atoms with Gasteiger partial charge in [0.2, 0.25) is 0 Å². The minimum atomic E-state index is -0.0268. The van der Waals surface area contributed by atoms with Crippen LogP contribution in [-0.2, 0) is 0 Å². The zero-order valence-corrected chi connectivity index (χ0v) is 7.82. The molecule has 2 aromatic rings. The Kier molecular flexibility index (Phi) is 1.93. The number of rotatable bonds is 1. The van der Waals surface area contributed by atoms with Crippen molar-refractivity contribution in [3.8, 4) is 0 Å². The number of carbonyl (C=O) groups excluding carboxylic acids is 1. The van der Waals surface area contributed by atoms with E-state index < -0.39 is 0 Å². The number of anilines is 1. The molecule has 1 heterocycles. The highest BCUT2D eigenvalue weighted by molar-refractivity contribution is 6.10. The third kappa shape index (κ3) is 1.23. The first-order valence-electron chi connectivity index (χ1n) is 4.34. The topological polar surface area (TPSA) is 56.0 Å². The second-order valence-corrected chi connectivity index (χ2v) is 3.16. The molecule has 0 amide bonds. The SMILES string of the molecule is CC(=O)c1c(N)ccc2ncccc12. The lowest BCUT2D eigenvalue weighted by Gasteiger charge is -2.05. The van der Waals surface area contributed by atoms with E-state index in [2.05, 4.69) is 4.98 Å². The Morgan fingerprint density at radius 1 is 1.36 bits per heavy atom. The molecule has 0 saturated carbocycles. The fourth-order valence-electron chi connectivity index (χ4n) is 1.56. The number of pyridine rings is 1. The van der Waals surface area contributed by atoms with Crippen LogP contribution in [0.5, 0.6) is 0 Å². The Morgan fingerprint density at radius 3 is 2.86 bits per heavy atom. The van der Waals surface area contributed by atoms with Gasteiger partial charge in [0.1, 0.15) is 0 Å². The Morgan fingerprint density at radius 2 is 2.14 bits per heavy atom. The van der Waals surface area contributed by atoms with Gasteiger partial charge in [-0.2, -0.15) is 0 Å². The zero-order valence-electron chi connectivity index (χ0n) is 7.82. The van der Waals surface area contributed by atoms with E-state index in [0.29, 0.717) is 11.3 Å². The van der Waals surface area contributed by atoms with E-state index in [1.54, 1.807) is 18.3 Å². The minimum Gasteiger partial charge on any atom is -0.398 e. The smallest absolute Gasteiger partial charge is 0.162 e. The molecule has 1 aromatic heterocycles. The number of carbonyl (C=O) groups is 1. The van der Waals surface area contributed by atoms with Crippen LogP contribution in [0.15, 0.2) is 30.5 Å². The summed E-state index contributed by atoms with van der Waals surface area (Å²) in [5.41, 5.74) is 7.61. The number of aromatic nitrogens is 1. The van der Waals surface area contributed by atoms with Gasteiger partial charge in [0.15, 0.2) is 5.78 Å². The molecule has 0 atom stereocenters. The summed E-state index contributed by atoms with van der Waals surface area (Å²) in [5.74, 6) is -0.0268. The lowest BCUT2D eigenvalue weighted by Crippen LogP contribution is -2.00. The minimum absolute atomic E-state index is 0.0268. The Labute approximate surface area is 81.6 Å². The molecule has 14 heavy (non-hydrogen) atoms. The van der Waals surface area contributed by atoms with Gasteiger partial charge in [-0.1, -0.05) is 6.07 Å². The van der Waals surface area contributed by atoms with E-state index in [1.807, 2.05) is 12.1 Å². The van der Waals surface area contributed by atoms with Gasteiger partial charge in [0.25, 0.3) is 0 Å². The van der Waals surface area contributed by atoms with Crippen LogP contribution < -0.4 is 5.73 Å². The van der Waals surface area contributed by atoms with Crippen LogP contribution in [0, 0.1) is 0 Å². The third-order valence-corrected chi connectivity index (χ3v) is 2.17. The monoisotopic (exact) mass is 186 g/mol. The summed E-state index contributed by atoms with van der Waals surface area (Å²) in [7, 11) is 0. The maximum Gasteiger partial charge on any atom is 0.162 e. The molecule has 0 saturated heterocycles. The summed E-state index contributed by atoms with van der Waals surface area (Å²) in [6.07, 6.45) is 1.70. The summed E-state index contributed by atoms with van der Waals surface area (Å²) < 4.78 is 0. The van der Waals surface area contributed by atoms with Gasteiger partial charge in [-0.05, 0) is 25.1 Å². The fourth-order valence-corrected chi connectivity index (χ4v) is 1.56. The van der Waals surface area contributed by atoms with E-state index in [1.165, 1.54) is 6.92 Å². The van der Waals surface area contributed by atoms with Crippen LogP contribution in [0.2, 0.25) is 0 Å². The average Bonchev–Trinajstić information content (AvgIpc) is 2.17. The maximum atomic E-state index is 11.4. The molecule has 3 heteroatoms. The summed E-state index contributed by atoms with van der Waals surface area (Å²) in [5, 5.41) is 0.819. The number of nitrogens with two attached hydrogens (primary N) is 1. The average molecular weight is 186 g/mol. The first-order chi connectivity index (χ1) is 6.70. The van der Waals surface area contributed by atoms with Crippen LogP contribution in [0.25, 0.3) is 10.9 Å². The quantitative estimate of drug-likeness (QED) is 0.547. The maximum absolute atomic E-state index is 11.4. The first kappa shape index (κ1) is 8.69. The van der Waals surface area contributed by atoms with Crippen LogP contribution in [0.1, 0.15) is 17.3 Å². The lowest BCUT2D eigenvalue weighted by atomic mass is 10.0. The number of nitrogens with zero attached hydrogens (tertiary/aromatic N) is 1. The molecular weight excluding hydrogens is 176 g/mol. The van der Waals surface area contributed by atoms with Gasteiger partial charge in [0, 0.05) is 22.8 Å². The molecule has 70 valence electrons. The first-order valence-corrected chi connectivity index (χ1v) is 4.34. The van der Waals surface area contributed by atoms with Crippen molar-refractivity contribution >= 4 is 22.4 Å². The number of fused-ring (bicyclic) bond motifs is 1. The van der Waals surface area contributed by atoms with Gasteiger partial charge in [0.05, 0.1) is 5.52 Å². The molecule has 0 radical (unpaired) electrons. The van der Waals surface area contributed by atoms with Crippen LogP contribution in [0.4, 0.5) is 5.69 Å². The number of hydrogen-bond donors (Lipinski definition) is 1. The van der Waals surface area contributed by atoms with Crippen LogP contribution in [0.3, 0.4) is 0 Å². The van der Waals surface area contributed by atoms with Crippen molar-refractivity contribution in [3.63, 3.8) is 0 Å². The molecule has 2 N–H and O–H groups in total. The normalized spacial score (nSPS) is 10.4. The van der Waals surface area contributed by atoms with Crippen molar-refractivity contribution in [1.29, 1.82) is 0 Å². The van der Waals surface area contributed by atoms with E-state index in [-0.39, 0.29) is 5.78 Å². The molecule has 0 bridgehead atoms. The predicted octanol–water partition coefficient (Wildman–Crippen LogP) is 2.02. The zero-order chi connectivity index (χ0) is 10.1. The standard InChI is InChI=1S/C11H10N2O/c1-7(14)11-8-3-2-6-13-10(8)5-4-9(11)12/h2-6H,12H2,1H3. The summed E-state index contributed by atoms with van der Waals surface area (Å²) >= 11 is 0. The molecular formula is C11H10N2O. The predicted molar refractivity (Wildman–Crippen MR) is 56.2 cm³/mol. The molecule has 0 spiro atoms. The van der Waals surface area contributed by atoms with Crippen molar-refractivity contribution in [2.24, 2.45) is 0 Å². The number of hydrogen-bond acceptors (Lipinski definition) is 3. The summed E-state index contributed by atoms with van der Waals surface area (Å²) in [6.45, 7) is 1.51. The second-order valence-electron chi connectivity index (χ2n) is 3.16. The van der Waals surface area contributed by atoms with E-state index in [4.69, 9.17) is 5.73 Å². The second kappa shape index (κ2) is 3.10. The Hall–Kier alpha value is -1.90. The number of Topliss-reactive ketones (excluding diaryl/α,β-unsaturated/α-hetero) is 1. The largest absolute Gasteiger partial charge is 0.398 e. The van der Waals surface area contributed by atoms with Gasteiger partial charge >= 0.3 is 0 Å². The summed E-state index contributed by atoms with van der Waals surface area (Å²) in [4.78, 5) is 15.5. The van der Waals surface area contributed by atoms with E-state index in [0.717, 1.165) is 10.9 Å². The molecule has 3 nitrogen and oxygen atoms in total. The molecule has 2 rings (SSSR count). The summed E-state index contributed by atoms with van der Waals surface area (Å²) in [6, 6.07) is 7.19. The highest BCUT2D eigenvalue weighted by atomic mass is 16.1. The third-order valence-electron chi connectivity index (χ3n) is 2.17. The van der Waals surface area contributed by atoms with E-state index in [9.17, 15) is 4.79 Å². The van der Waals surface area contributed by atoms with Gasteiger partial charge in [-0.15, -0.1) is 0 Å². The molecule has 1 aromatic carbocycles. The van der Waals surface area contributed by atoms with Gasteiger partial charge in [-0.3, -0.25) is 9.78 Å². The van der Waals surface area contributed by atoms with E-state index >= 15 is 0 Å². The Balaban J connectivity index is 2.90. The molecule has 0 fully saturated rings. The fraction of sp³-hybridized carbons (Fsp3) is 0.0909. The highest BCUT2D eigenvalue weighted by Gasteiger charge is 2.09. The van der Waals surface area contributed by atoms with Crippen LogP contribution in [-0.4, -0.2) is 10.8 Å². The molecule has 0 unspecified atom stereocenters. The van der Waals surface area contributed by atoms with Gasteiger partial charge < -0.3 is 5.73 Å². The van der Waals surface area contributed by atoms with Crippen molar-refractivity contribution in [2.75, 3.05) is 5.73 Å². The Bertz CT molecular complexity index is 506. The lowest BCUT2D eigenvalue weighted by molar-refractivity contribution is 0.102. The van der Waals surface area contributed by atoms with Crippen LogP contribution >= 0.6 is 0 Å². The van der Waals surface area contributed by atoms with Crippen molar-refractivity contribution < 1.29 is 4.79 Å². The molecule has 0 aliphatic carbocycles. The van der Waals surface area contributed by atoms with Gasteiger partial charge in [-0.25, -0.2) is 0 Å². The number of nitrogen functional groups attached to an aromatic ring is 1. The van der Waals surface area contributed by atoms with Crippen molar-refractivity contribution in [2.45, 2.75) is 6.92 Å². The number of benzene rings is 1. The van der Waals surface area contributed by atoms with Crippen molar-refractivity contribution in [3.05, 3.63) is 36.0 Å². The molecule has 0 aliphatic heterocycles. The number of ketones is 1.